The van der Waals surface area contributed by atoms with Gasteiger partial charge in [0, 0.05) is 6.42 Å². The van der Waals surface area contributed by atoms with Crippen molar-refractivity contribution in [1.29, 1.82) is 0 Å². The Morgan fingerprint density at radius 1 is 0.517 bits per heavy atom. The summed E-state index contributed by atoms with van der Waals surface area (Å²) in [6.07, 6.45) is 38.3. The minimum absolute atomic E-state index is 0.132. The van der Waals surface area contributed by atoms with Crippen LogP contribution in [0.3, 0.4) is 0 Å². The lowest BCUT2D eigenvalue weighted by atomic mass is 9.99. The molecule has 0 saturated carbocycles. The highest BCUT2D eigenvalue weighted by Gasteiger charge is 2.44. The maximum Gasteiger partial charge on any atom is 0.220 e. The normalized spacial score (nSPS) is 20.7. The van der Waals surface area contributed by atoms with E-state index in [2.05, 4.69) is 19.2 Å². The highest BCUT2D eigenvalue weighted by Crippen LogP contribution is 2.23. The van der Waals surface area contributed by atoms with Gasteiger partial charge in [0.1, 0.15) is 24.4 Å². The van der Waals surface area contributed by atoms with Gasteiger partial charge in [-0.05, 0) is 12.8 Å². The van der Waals surface area contributed by atoms with Crippen LogP contribution in [0.5, 0.6) is 0 Å². The van der Waals surface area contributed by atoms with Gasteiger partial charge in [-0.2, -0.15) is 0 Å². The van der Waals surface area contributed by atoms with Gasteiger partial charge >= 0.3 is 0 Å². The third-order valence-electron chi connectivity index (χ3n) is 12.5. The SMILES string of the molecule is CCCCCCCCCCCCCCCCCCCCCCCCC(=O)N[C@@H](CO[C@@H]1O[C@H](CO)[C@H](O)C(O)C1O)[C@H](O)CCCCCCCCCCCCCCC. The Balaban J connectivity index is 2.22. The Bertz CT molecular complexity index is 878. The van der Waals surface area contributed by atoms with E-state index < -0.39 is 49.5 Å². The lowest BCUT2D eigenvalue weighted by Crippen LogP contribution is -2.60. The highest BCUT2D eigenvalue weighted by atomic mass is 16.7. The van der Waals surface area contributed by atoms with Gasteiger partial charge < -0.3 is 40.3 Å². The Kier molecular flexibility index (Phi) is 38.3. The second-order valence-corrected chi connectivity index (χ2v) is 18.0. The second kappa shape index (κ2) is 40.3. The topological polar surface area (TPSA) is 149 Å². The first-order chi connectivity index (χ1) is 28.3. The van der Waals surface area contributed by atoms with E-state index in [9.17, 15) is 30.3 Å². The lowest BCUT2D eigenvalue weighted by molar-refractivity contribution is -0.302. The predicted molar refractivity (Wildman–Crippen MR) is 240 cm³/mol. The zero-order valence-electron chi connectivity index (χ0n) is 38.1. The molecule has 1 rings (SSSR count). The van der Waals surface area contributed by atoms with Gasteiger partial charge in [-0.3, -0.25) is 4.79 Å². The van der Waals surface area contributed by atoms with Crippen LogP contribution < -0.4 is 5.32 Å². The van der Waals surface area contributed by atoms with Crippen LogP contribution in [-0.2, 0) is 14.3 Å². The van der Waals surface area contributed by atoms with Crippen LogP contribution in [-0.4, -0.2) is 87.5 Å². The van der Waals surface area contributed by atoms with E-state index in [0.717, 1.165) is 38.5 Å². The summed E-state index contributed by atoms with van der Waals surface area (Å²) in [5.41, 5.74) is 0. The maximum absolute atomic E-state index is 13.0. The maximum atomic E-state index is 13.0. The molecule has 0 aromatic carbocycles. The van der Waals surface area contributed by atoms with Crippen molar-refractivity contribution in [3.63, 3.8) is 0 Å². The van der Waals surface area contributed by atoms with Crippen molar-refractivity contribution in [2.24, 2.45) is 0 Å². The third-order valence-corrected chi connectivity index (χ3v) is 12.5. The molecule has 6 N–H and O–H groups in total. The largest absolute Gasteiger partial charge is 0.394 e. The molecule has 9 nitrogen and oxygen atoms in total. The summed E-state index contributed by atoms with van der Waals surface area (Å²) in [4.78, 5) is 13.0. The fourth-order valence-electron chi connectivity index (χ4n) is 8.40. The number of nitrogens with one attached hydrogen (secondary N) is 1. The van der Waals surface area contributed by atoms with Crippen molar-refractivity contribution < 1.29 is 39.8 Å². The molecule has 1 saturated heterocycles. The molecule has 0 aromatic rings. The van der Waals surface area contributed by atoms with Gasteiger partial charge in [-0.25, -0.2) is 0 Å². The van der Waals surface area contributed by atoms with Crippen molar-refractivity contribution in [3.8, 4) is 0 Å². The van der Waals surface area contributed by atoms with E-state index in [1.54, 1.807) is 0 Å². The molecule has 0 aliphatic carbocycles. The van der Waals surface area contributed by atoms with Gasteiger partial charge in [0.05, 0.1) is 25.4 Å². The Labute approximate surface area is 357 Å². The number of carbonyl (C=O) groups is 1. The summed E-state index contributed by atoms with van der Waals surface area (Å²) in [6, 6.07) is -0.711. The molecule has 1 amide bonds. The molecule has 2 unspecified atom stereocenters. The summed E-state index contributed by atoms with van der Waals surface area (Å²) in [5, 5.41) is 54.4. The lowest BCUT2D eigenvalue weighted by Gasteiger charge is -2.40. The van der Waals surface area contributed by atoms with Gasteiger partial charge in [0.25, 0.3) is 0 Å². The van der Waals surface area contributed by atoms with Crippen molar-refractivity contribution in [2.45, 2.75) is 294 Å². The fourth-order valence-corrected chi connectivity index (χ4v) is 8.40. The molecular formula is C49H97NO8. The Morgan fingerprint density at radius 2 is 0.862 bits per heavy atom. The number of hydrogen-bond acceptors (Lipinski definition) is 8. The standard InChI is InChI=1S/C49H97NO8/c1-3-5-7-9-11-13-15-17-18-19-20-21-22-23-24-25-27-29-31-33-35-37-39-45(53)50-42(41-57-49-48(56)47(55)46(54)44(40-51)58-49)43(52)38-36-34-32-30-28-26-16-14-12-10-8-6-4-2/h42-44,46-49,51-52,54-56H,3-41H2,1-2H3,(H,50,53)/t42-,43+,44+,46-,47?,48?,49+/m0/s1. The highest BCUT2D eigenvalue weighted by molar-refractivity contribution is 5.76. The number of aliphatic hydroxyl groups is 5. The molecule has 9 heteroatoms. The van der Waals surface area contributed by atoms with Crippen molar-refractivity contribution in [1.82, 2.24) is 5.32 Å². The van der Waals surface area contributed by atoms with Gasteiger partial charge in [-0.15, -0.1) is 0 Å². The van der Waals surface area contributed by atoms with E-state index >= 15 is 0 Å². The Morgan fingerprint density at radius 3 is 1.22 bits per heavy atom. The molecule has 1 heterocycles. The van der Waals surface area contributed by atoms with Crippen molar-refractivity contribution >= 4 is 5.91 Å². The number of carbonyl (C=O) groups excluding carboxylic acids is 1. The van der Waals surface area contributed by atoms with Crippen LogP contribution in [0, 0.1) is 0 Å². The van der Waals surface area contributed by atoms with Crippen LogP contribution in [0.25, 0.3) is 0 Å². The average Bonchev–Trinajstić information content (AvgIpc) is 3.22. The zero-order valence-corrected chi connectivity index (χ0v) is 38.1. The first-order valence-electron chi connectivity index (χ1n) is 25.2. The van der Waals surface area contributed by atoms with Gasteiger partial charge in [0.2, 0.25) is 5.91 Å². The number of hydrogen-bond donors (Lipinski definition) is 6. The third kappa shape index (κ3) is 30.3. The van der Waals surface area contributed by atoms with Crippen LogP contribution in [0.4, 0.5) is 0 Å². The number of aliphatic hydroxyl groups excluding tert-OH is 5. The Hall–Kier alpha value is -0.810. The molecule has 1 aliphatic rings. The minimum Gasteiger partial charge on any atom is -0.394 e. The molecule has 7 atom stereocenters. The van der Waals surface area contributed by atoms with E-state index in [4.69, 9.17) is 9.47 Å². The summed E-state index contributed by atoms with van der Waals surface area (Å²) in [7, 11) is 0. The van der Waals surface area contributed by atoms with E-state index in [-0.39, 0.29) is 12.5 Å². The number of ether oxygens (including phenoxy) is 2. The minimum atomic E-state index is -1.55. The van der Waals surface area contributed by atoms with Crippen molar-refractivity contribution in [3.05, 3.63) is 0 Å². The molecule has 1 fully saturated rings. The zero-order chi connectivity index (χ0) is 42.3. The first kappa shape index (κ1) is 55.2. The van der Waals surface area contributed by atoms with Crippen LogP contribution in [0.15, 0.2) is 0 Å². The van der Waals surface area contributed by atoms with E-state index in [1.165, 1.54) is 186 Å². The molecule has 0 radical (unpaired) electrons. The monoisotopic (exact) mass is 828 g/mol. The smallest absolute Gasteiger partial charge is 0.220 e. The number of amides is 1. The van der Waals surface area contributed by atoms with Crippen LogP contribution >= 0.6 is 0 Å². The molecule has 0 spiro atoms. The number of rotatable bonds is 43. The molecule has 1 aliphatic heterocycles. The second-order valence-electron chi connectivity index (χ2n) is 18.0. The molecule has 0 aromatic heterocycles. The molecule has 58 heavy (non-hydrogen) atoms. The quantitative estimate of drug-likeness (QED) is 0.0333. The van der Waals surface area contributed by atoms with Crippen LogP contribution in [0.2, 0.25) is 0 Å². The summed E-state index contributed by atoms with van der Waals surface area (Å²) >= 11 is 0. The molecule has 0 bridgehead atoms. The number of unbranched alkanes of at least 4 members (excludes halogenated alkanes) is 33. The molecule has 346 valence electrons. The predicted octanol–water partition coefficient (Wildman–Crippen LogP) is 11.1. The van der Waals surface area contributed by atoms with Crippen molar-refractivity contribution in [2.75, 3.05) is 13.2 Å². The summed E-state index contributed by atoms with van der Waals surface area (Å²) < 4.78 is 11.3. The van der Waals surface area contributed by atoms with Crippen LogP contribution in [0.1, 0.15) is 251 Å². The van der Waals surface area contributed by atoms with Gasteiger partial charge in [0.15, 0.2) is 6.29 Å². The summed E-state index contributed by atoms with van der Waals surface area (Å²) in [5.74, 6) is -0.139. The van der Waals surface area contributed by atoms with Gasteiger partial charge in [-0.1, -0.05) is 232 Å². The fraction of sp³-hybridized carbons (Fsp3) is 0.980. The summed E-state index contributed by atoms with van der Waals surface area (Å²) in [6.45, 7) is 3.86. The molecular weight excluding hydrogens is 731 g/mol. The average molecular weight is 828 g/mol. The van der Waals surface area contributed by atoms with E-state index in [0.29, 0.717) is 12.8 Å². The van der Waals surface area contributed by atoms with E-state index in [1.807, 2.05) is 0 Å². The first-order valence-corrected chi connectivity index (χ1v) is 25.2.